The van der Waals surface area contributed by atoms with Gasteiger partial charge in [-0.15, -0.1) is 10.2 Å². The average Bonchev–Trinajstić information content (AvgIpc) is 2.64. The highest BCUT2D eigenvalue weighted by molar-refractivity contribution is 7.92. The molecule has 0 unspecified atom stereocenters. The standard InChI is InChI=1S/C18H17ClN4O2S/c1-13-12-15(8-9-16(13)19)26(24,25)22-17-10-11-18(21-20-17)23(2)14-6-4-3-5-7-14/h3-12H,1-2H3,(H,20,22). The minimum absolute atomic E-state index is 0.117. The van der Waals surface area contributed by atoms with Crippen LogP contribution in [0.5, 0.6) is 0 Å². The minimum atomic E-state index is -3.76. The topological polar surface area (TPSA) is 75.2 Å². The zero-order chi connectivity index (χ0) is 18.7. The summed E-state index contributed by atoms with van der Waals surface area (Å²) in [6.07, 6.45) is 0. The first-order valence-corrected chi connectivity index (χ1v) is 9.64. The molecule has 8 heteroatoms. The lowest BCUT2D eigenvalue weighted by Gasteiger charge is -2.17. The van der Waals surface area contributed by atoms with E-state index in [9.17, 15) is 8.42 Å². The molecule has 134 valence electrons. The number of anilines is 3. The van der Waals surface area contributed by atoms with E-state index in [-0.39, 0.29) is 10.7 Å². The van der Waals surface area contributed by atoms with Crippen molar-refractivity contribution in [2.45, 2.75) is 11.8 Å². The van der Waals surface area contributed by atoms with E-state index in [1.807, 2.05) is 42.3 Å². The summed E-state index contributed by atoms with van der Waals surface area (Å²) >= 11 is 5.95. The van der Waals surface area contributed by atoms with Gasteiger partial charge in [-0.2, -0.15) is 0 Å². The van der Waals surface area contributed by atoms with Gasteiger partial charge in [0.2, 0.25) is 0 Å². The maximum Gasteiger partial charge on any atom is 0.263 e. The van der Waals surface area contributed by atoms with E-state index in [1.165, 1.54) is 12.1 Å². The third-order valence-corrected chi connectivity index (χ3v) is 5.59. The first kappa shape index (κ1) is 18.2. The molecular weight excluding hydrogens is 372 g/mol. The molecule has 26 heavy (non-hydrogen) atoms. The van der Waals surface area contributed by atoms with Gasteiger partial charge in [0, 0.05) is 17.8 Å². The predicted octanol–water partition coefficient (Wildman–Crippen LogP) is 4.01. The number of aryl methyl sites for hydroxylation is 1. The number of nitrogens with one attached hydrogen (secondary N) is 1. The van der Waals surface area contributed by atoms with Crippen LogP contribution in [0.1, 0.15) is 5.56 Å². The SMILES string of the molecule is Cc1cc(S(=O)(=O)Nc2ccc(N(C)c3ccccc3)nn2)ccc1Cl. The van der Waals surface area contributed by atoms with Crippen molar-refractivity contribution in [3.05, 3.63) is 71.2 Å². The molecule has 0 aliphatic carbocycles. The maximum absolute atomic E-state index is 12.5. The molecule has 0 bridgehead atoms. The number of rotatable bonds is 5. The van der Waals surface area contributed by atoms with Crippen LogP contribution in [-0.4, -0.2) is 25.7 Å². The molecule has 0 atom stereocenters. The van der Waals surface area contributed by atoms with Crippen LogP contribution >= 0.6 is 11.6 Å². The van der Waals surface area contributed by atoms with Crippen LogP contribution in [0, 0.1) is 6.92 Å². The van der Waals surface area contributed by atoms with Crippen molar-refractivity contribution in [3.8, 4) is 0 Å². The van der Waals surface area contributed by atoms with Crippen LogP contribution in [0.3, 0.4) is 0 Å². The van der Waals surface area contributed by atoms with Crippen LogP contribution in [0.2, 0.25) is 5.02 Å². The Labute approximate surface area is 157 Å². The number of nitrogens with zero attached hydrogens (tertiary/aromatic N) is 3. The first-order chi connectivity index (χ1) is 12.4. The third-order valence-electron chi connectivity index (χ3n) is 3.82. The van der Waals surface area contributed by atoms with Crippen molar-refractivity contribution in [1.29, 1.82) is 0 Å². The molecule has 3 aromatic rings. The van der Waals surface area contributed by atoms with Crippen LogP contribution in [0.15, 0.2) is 65.6 Å². The fraction of sp³-hybridized carbons (Fsp3) is 0.111. The molecule has 0 amide bonds. The molecule has 0 aliphatic rings. The molecule has 2 aromatic carbocycles. The van der Waals surface area contributed by atoms with Gasteiger partial charge in [-0.3, -0.25) is 4.72 Å². The zero-order valence-electron chi connectivity index (χ0n) is 14.2. The van der Waals surface area contributed by atoms with Gasteiger partial charge in [-0.1, -0.05) is 29.8 Å². The summed E-state index contributed by atoms with van der Waals surface area (Å²) in [5, 5.41) is 8.57. The summed E-state index contributed by atoms with van der Waals surface area (Å²) in [6, 6.07) is 17.5. The summed E-state index contributed by atoms with van der Waals surface area (Å²) in [4.78, 5) is 1.97. The Bertz CT molecular complexity index is 1010. The number of hydrogen-bond donors (Lipinski definition) is 1. The Morgan fingerprint density at radius 2 is 1.73 bits per heavy atom. The van der Waals surface area contributed by atoms with Crippen molar-refractivity contribution in [3.63, 3.8) is 0 Å². The van der Waals surface area contributed by atoms with Gasteiger partial charge >= 0.3 is 0 Å². The van der Waals surface area contributed by atoms with Crippen LogP contribution in [-0.2, 0) is 10.0 Å². The Kier molecular flexibility index (Phi) is 5.11. The fourth-order valence-electron chi connectivity index (χ4n) is 2.32. The number of aromatic nitrogens is 2. The summed E-state index contributed by atoms with van der Waals surface area (Å²) in [5.74, 6) is 0.740. The van der Waals surface area contributed by atoms with Crippen molar-refractivity contribution in [2.24, 2.45) is 0 Å². The minimum Gasteiger partial charge on any atom is -0.328 e. The second-order valence-corrected chi connectivity index (χ2v) is 7.78. The van der Waals surface area contributed by atoms with Crippen molar-refractivity contribution >= 4 is 38.9 Å². The van der Waals surface area contributed by atoms with Gasteiger partial charge in [0.05, 0.1) is 4.90 Å². The fourth-order valence-corrected chi connectivity index (χ4v) is 3.52. The molecule has 0 spiro atoms. The van der Waals surface area contributed by atoms with E-state index in [0.717, 1.165) is 5.69 Å². The van der Waals surface area contributed by atoms with Gasteiger partial charge in [0.1, 0.15) is 0 Å². The Balaban J connectivity index is 1.79. The number of para-hydroxylation sites is 1. The molecule has 0 saturated carbocycles. The number of halogens is 1. The van der Waals surface area contributed by atoms with E-state index >= 15 is 0 Å². The predicted molar refractivity (Wildman–Crippen MR) is 104 cm³/mol. The lowest BCUT2D eigenvalue weighted by atomic mass is 10.2. The Morgan fingerprint density at radius 3 is 2.35 bits per heavy atom. The zero-order valence-corrected chi connectivity index (χ0v) is 15.8. The molecule has 0 saturated heterocycles. The summed E-state index contributed by atoms with van der Waals surface area (Å²) in [7, 11) is -1.90. The van der Waals surface area contributed by atoms with E-state index in [2.05, 4.69) is 14.9 Å². The third kappa shape index (κ3) is 3.95. The van der Waals surface area contributed by atoms with E-state index in [1.54, 1.807) is 25.1 Å². The van der Waals surface area contributed by atoms with E-state index < -0.39 is 10.0 Å². The highest BCUT2D eigenvalue weighted by Gasteiger charge is 2.16. The molecule has 3 rings (SSSR count). The van der Waals surface area contributed by atoms with E-state index in [4.69, 9.17) is 11.6 Å². The van der Waals surface area contributed by atoms with Crippen molar-refractivity contribution in [2.75, 3.05) is 16.7 Å². The van der Waals surface area contributed by atoms with Gasteiger partial charge in [-0.25, -0.2) is 8.42 Å². The average molecular weight is 389 g/mol. The first-order valence-electron chi connectivity index (χ1n) is 7.78. The van der Waals surface area contributed by atoms with Crippen LogP contribution in [0.4, 0.5) is 17.3 Å². The summed E-state index contributed by atoms with van der Waals surface area (Å²) < 4.78 is 27.4. The molecule has 1 N–H and O–H groups in total. The normalized spacial score (nSPS) is 11.2. The van der Waals surface area contributed by atoms with Gasteiger partial charge in [0.25, 0.3) is 10.0 Å². The van der Waals surface area contributed by atoms with Crippen molar-refractivity contribution in [1.82, 2.24) is 10.2 Å². The number of benzene rings is 2. The Hall–Kier alpha value is -2.64. The van der Waals surface area contributed by atoms with E-state index in [0.29, 0.717) is 16.4 Å². The molecular formula is C18H17ClN4O2S. The molecule has 0 aliphatic heterocycles. The van der Waals surface area contributed by atoms with Gasteiger partial charge < -0.3 is 4.90 Å². The Morgan fingerprint density at radius 1 is 1.00 bits per heavy atom. The van der Waals surface area contributed by atoms with Crippen LogP contribution < -0.4 is 9.62 Å². The quantitative estimate of drug-likeness (QED) is 0.714. The number of sulfonamides is 1. The van der Waals surface area contributed by atoms with Crippen molar-refractivity contribution < 1.29 is 8.42 Å². The maximum atomic E-state index is 12.5. The molecule has 0 radical (unpaired) electrons. The molecule has 1 heterocycles. The highest BCUT2D eigenvalue weighted by atomic mass is 35.5. The second kappa shape index (κ2) is 7.31. The molecule has 0 fully saturated rings. The molecule has 1 aromatic heterocycles. The smallest absolute Gasteiger partial charge is 0.263 e. The molecule has 6 nitrogen and oxygen atoms in total. The largest absolute Gasteiger partial charge is 0.328 e. The highest BCUT2D eigenvalue weighted by Crippen LogP contribution is 2.23. The van der Waals surface area contributed by atoms with Crippen LogP contribution in [0.25, 0.3) is 0 Å². The summed E-state index contributed by atoms with van der Waals surface area (Å²) in [6.45, 7) is 1.75. The van der Waals surface area contributed by atoms with Gasteiger partial charge in [-0.05, 0) is 55.0 Å². The second-order valence-electron chi connectivity index (χ2n) is 5.69. The summed E-state index contributed by atoms with van der Waals surface area (Å²) in [5.41, 5.74) is 1.63. The number of hydrogen-bond acceptors (Lipinski definition) is 5. The monoisotopic (exact) mass is 388 g/mol. The lowest BCUT2D eigenvalue weighted by Crippen LogP contribution is -2.16. The lowest BCUT2D eigenvalue weighted by molar-refractivity contribution is 0.601. The van der Waals surface area contributed by atoms with Gasteiger partial charge in [0.15, 0.2) is 11.6 Å².